The van der Waals surface area contributed by atoms with E-state index in [1.165, 1.54) is 42.7 Å². The highest BCUT2D eigenvalue weighted by Gasteiger charge is 2.43. The molecule has 0 aromatic heterocycles. The Bertz CT molecular complexity index is 1140. The number of imide groups is 1. The number of anilines is 1. The Balaban J connectivity index is 2.09. The van der Waals surface area contributed by atoms with Crippen LogP contribution in [0.5, 0.6) is 11.5 Å². The third-order valence-electron chi connectivity index (χ3n) is 4.94. The van der Waals surface area contributed by atoms with Gasteiger partial charge in [-0.3, -0.25) is 29.3 Å². The van der Waals surface area contributed by atoms with E-state index in [1.807, 2.05) is 0 Å². The molecule has 1 aliphatic rings. The first kappa shape index (κ1) is 24.6. The van der Waals surface area contributed by atoms with Crippen LogP contribution < -0.4 is 20.3 Å². The molecule has 0 unspecified atom stereocenters. The number of benzene rings is 2. The molecule has 1 atom stereocenters. The van der Waals surface area contributed by atoms with E-state index >= 15 is 0 Å². The van der Waals surface area contributed by atoms with E-state index in [2.05, 4.69) is 10.1 Å². The van der Waals surface area contributed by atoms with Crippen molar-refractivity contribution in [1.29, 1.82) is 0 Å². The number of amides is 4. The van der Waals surface area contributed by atoms with Crippen LogP contribution in [0, 0.1) is 0 Å². The summed E-state index contributed by atoms with van der Waals surface area (Å²) in [6.45, 7) is -0.170. The smallest absolute Gasteiger partial charge is 0.387 e. The molecule has 4 amide bonds. The quantitative estimate of drug-likeness (QED) is 0.287. The lowest BCUT2D eigenvalue weighted by Gasteiger charge is -2.27. The maximum atomic E-state index is 13.3. The molecule has 12 heteroatoms. The standard InChI is InChI=1S/C22H21F2N3O7/c1-3-33-17-9-12(7-8-16(17)34-22(23)24)15(10-18(29)26-32)27-20(30)13-5-4-6-14(25-11(2)28)19(13)21(27)31/h4-9,15,22,32H,3,10H2,1-2H3,(H,25,28)(H,26,29)/t15-/m0/s1. The molecule has 2 aromatic rings. The molecule has 1 aliphatic heterocycles. The molecule has 0 bridgehead atoms. The minimum Gasteiger partial charge on any atom is -0.490 e. The van der Waals surface area contributed by atoms with Gasteiger partial charge in [0.1, 0.15) is 0 Å². The first-order valence-electron chi connectivity index (χ1n) is 10.1. The molecule has 0 fully saturated rings. The van der Waals surface area contributed by atoms with Crippen molar-refractivity contribution < 1.29 is 42.6 Å². The monoisotopic (exact) mass is 477 g/mol. The van der Waals surface area contributed by atoms with Crippen molar-refractivity contribution in [2.24, 2.45) is 0 Å². The fraction of sp³-hybridized carbons (Fsp3) is 0.273. The molecule has 1 heterocycles. The van der Waals surface area contributed by atoms with Gasteiger partial charge >= 0.3 is 6.61 Å². The lowest BCUT2D eigenvalue weighted by molar-refractivity contribution is -0.130. The fourth-order valence-electron chi connectivity index (χ4n) is 3.65. The number of hydroxylamine groups is 1. The van der Waals surface area contributed by atoms with E-state index in [9.17, 15) is 28.0 Å². The third-order valence-corrected chi connectivity index (χ3v) is 4.94. The number of carbonyl (C=O) groups is 4. The number of ether oxygens (including phenoxy) is 2. The minimum atomic E-state index is -3.12. The molecule has 3 N–H and O–H groups in total. The van der Waals surface area contributed by atoms with Gasteiger partial charge in [0, 0.05) is 6.92 Å². The van der Waals surface area contributed by atoms with E-state index in [4.69, 9.17) is 9.94 Å². The van der Waals surface area contributed by atoms with Gasteiger partial charge < -0.3 is 14.8 Å². The number of alkyl halides is 2. The highest BCUT2D eigenvalue weighted by Crippen LogP contribution is 2.39. The summed E-state index contributed by atoms with van der Waals surface area (Å²) in [6, 6.07) is 6.82. The largest absolute Gasteiger partial charge is 0.490 e. The Morgan fingerprint density at radius 2 is 1.85 bits per heavy atom. The normalized spacial score (nSPS) is 13.5. The van der Waals surface area contributed by atoms with Gasteiger partial charge in [-0.2, -0.15) is 8.78 Å². The molecular formula is C22H21F2N3O7. The van der Waals surface area contributed by atoms with Crippen LogP contribution in [0.3, 0.4) is 0 Å². The van der Waals surface area contributed by atoms with Crippen LogP contribution in [0.4, 0.5) is 14.5 Å². The van der Waals surface area contributed by atoms with Gasteiger partial charge in [0.2, 0.25) is 11.8 Å². The Morgan fingerprint density at radius 3 is 2.47 bits per heavy atom. The first-order valence-corrected chi connectivity index (χ1v) is 10.1. The minimum absolute atomic E-state index is 0.00772. The first-order chi connectivity index (χ1) is 16.2. The van der Waals surface area contributed by atoms with Crippen LogP contribution in [0.15, 0.2) is 36.4 Å². The van der Waals surface area contributed by atoms with Crippen molar-refractivity contribution in [2.75, 3.05) is 11.9 Å². The molecule has 34 heavy (non-hydrogen) atoms. The number of nitrogens with one attached hydrogen (secondary N) is 2. The number of nitrogens with zero attached hydrogens (tertiary/aromatic N) is 1. The van der Waals surface area contributed by atoms with Crippen LogP contribution in [-0.2, 0) is 9.59 Å². The van der Waals surface area contributed by atoms with E-state index in [0.29, 0.717) is 0 Å². The van der Waals surface area contributed by atoms with Gasteiger partial charge in [0.25, 0.3) is 11.8 Å². The van der Waals surface area contributed by atoms with Crippen LogP contribution >= 0.6 is 0 Å². The van der Waals surface area contributed by atoms with Crippen molar-refractivity contribution in [1.82, 2.24) is 10.4 Å². The molecule has 180 valence electrons. The zero-order valence-corrected chi connectivity index (χ0v) is 18.1. The second-order valence-electron chi connectivity index (χ2n) is 7.16. The zero-order valence-electron chi connectivity index (χ0n) is 18.1. The van der Waals surface area contributed by atoms with Gasteiger partial charge in [-0.25, -0.2) is 5.48 Å². The van der Waals surface area contributed by atoms with Crippen molar-refractivity contribution >= 4 is 29.3 Å². The molecule has 0 aliphatic carbocycles. The number of fused-ring (bicyclic) bond motifs is 1. The summed E-state index contributed by atoms with van der Waals surface area (Å²) in [4.78, 5) is 50.9. The molecule has 10 nitrogen and oxygen atoms in total. The lowest BCUT2D eigenvalue weighted by Crippen LogP contribution is -2.37. The maximum absolute atomic E-state index is 13.3. The summed E-state index contributed by atoms with van der Waals surface area (Å²) in [7, 11) is 0. The van der Waals surface area contributed by atoms with E-state index < -0.39 is 42.7 Å². The van der Waals surface area contributed by atoms with E-state index in [-0.39, 0.29) is 40.5 Å². The maximum Gasteiger partial charge on any atom is 0.387 e. The number of hydrogen-bond acceptors (Lipinski definition) is 7. The van der Waals surface area contributed by atoms with Crippen LogP contribution in [0.25, 0.3) is 0 Å². The highest BCUT2D eigenvalue weighted by atomic mass is 19.3. The SMILES string of the molecule is CCOc1cc([C@H](CC(=O)NO)N2C(=O)c3cccc(NC(C)=O)c3C2=O)ccc1OC(F)F. The number of hydrogen-bond donors (Lipinski definition) is 3. The van der Waals surface area contributed by atoms with Crippen molar-refractivity contribution in [3.05, 3.63) is 53.1 Å². The van der Waals surface area contributed by atoms with Crippen LogP contribution in [-0.4, -0.2) is 47.0 Å². The highest BCUT2D eigenvalue weighted by molar-refractivity contribution is 6.24. The molecule has 3 rings (SSSR count). The van der Waals surface area contributed by atoms with Crippen molar-refractivity contribution in [3.8, 4) is 11.5 Å². The predicted molar refractivity (Wildman–Crippen MR) is 113 cm³/mol. The zero-order chi connectivity index (χ0) is 25.0. The Labute approximate surface area is 192 Å². The summed E-state index contributed by atoms with van der Waals surface area (Å²) in [6.07, 6.45) is -0.544. The Hall–Kier alpha value is -4.06. The van der Waals surface area contributed by atoms with Gasteiger partial charge in [-0.1, -0.05) is 12.1 Å². The second-order valence-corrected chi connectivity index (χ2v) is 7.16. The fourth-order valence-corrected chi connectivity index (χ4v) is 3.65. The van der Waals surface area contributed by atoms with E-state index in [0.717, 1.165) is 11.0 Å². The lowest BCUT2D eigenvalue weighted by atomic mass is 10.0. The Kier molecular flexibility index (Phi) is 7.41. The topological polar surface area (TPSA) is 134 Å². The summed E-state index contributed by atoms with van der Waals surface area (Å²) >= 11 is 0. The van der Waals surface area contributed by atoms with Gasteiger partial charge in [-0.15, -0.1) is 0 Å². The van der Waals surface area contributed by atoms with E-state index in [1.54, 1.807) is 6.92 Å². The van der Waals surface area contributed by atoms with Crippen LogP contribution in [0.2, 0.25) is 0 Å². The van der Waals surface area contributed by atoms with Gasteiger partial charge in [0.15, 0.2) is 11.5 Å². The number of carbonyl (C=O) groups excluding carboxylic acids is 4. The third kappa shape index (κ3) is 4.96. The molecule has 0 spiro atoms. The van der Waals surface area contributed by atoms with Gasteiger partial charge in [0.05, 0.1) is 35.9 Å². The summed E-state index contributed by atoms with van der Waals surface area (Å²) in [5.74, 6) is -3.26. The average molecular weight is 477 g/mol. The van der Waals surface area contributed by atoms with Crippen molar-refractivity contribution in [3.63, 3.8) is 0 Å². The Morgan fingerprint density at radius 1 is 1.12 bits per heavy atom. The molecule has 0 radical (unpaired) electrons. The second kappa shape index (κ2) is 10.3. The predicted octanol–water partition coefficient (Wildman–Crippen LogP) is 2.88. The molecular weight excluding hydrogens is 456 g/mol. The molecule has 0 saturated carbocycles. The summed E-state index contributed by atoms with van der Waals surface area (Å²) in [5.41, 5.74) is 1.71. The van der Waals surface area contributed by atoms with Gasteiger partial charge in [-0.05, 0) is 36.8 Å². The number of halogens is 2. The van der Waals surface area contributed by atoms with Crippen molar-refractivity contribution in [2.45, 2.75) is 32.9 Å². The summed E-state index contributed by atoms with van der Waals surface area (Å²) < 4.78 is 35.3. The van der Waals surface area contributed by atoms with Crippen LogP contribution in [0.1, 0.15) is 52.6 Å². The molecule has 2 aromatic carbocycles. The summed E-state index contributed by atoms with van der Waals surface area (Å²) in [5, 5.41) is 11.5. The number of rotatable bonds is 9. The molecule has 0 saturated heterocycles. The average Bonchev–Trinajstić information content (AvgIpc) is 3.03.